The first-order valence-corrected chi connectivity index (χ1v) is 23.7. The number of rotatable bonds is 6. The van der Waals surface area contributed by atoms with Crippen molar-refractivity contribution in [1.82, 2.24) is 4.57 Å². The van der Waals surface area contributed by atoms with Crippen LogP contribution in [-0.4, -0.2) is 4.57 Å². The number of nitrogens with zero attached hydrogens (tertiary/aromatic N) is 2. The van der Waals surface area contributed by atoms with Crippen LogP contribution in [0, 0.1) is 6.92 Å². The lowest BCUT2D eigenvalue weighted by atomic mass is 9.70. The van der Waals surface area contributed by atoms with Crippen LogP contribution in [0.3, 0.4) is 0 Å². The van der Waals surface area contributed by atoms with E-state index in [2.05, 4.69) is 265 Å². The van der Waals surface area contributed by atoms with E-state index in [0.29, 0.717) is 0 Å². The van der Waals surface area contributed by atoms with Gasteiger partial charge in [0.2, 0.25) is 0 Å². The zero-order valence-electron chi connectivity index (χ0n) is 37.6. The number of hydrogen-bond acceptors (Lipinski definition) is 1. The topological polar surface area (TPSA) is 8.17 Å². The van der Waals surface area contributed by atoms with Crippen LogP contribution in [0.1, 0.15) is 27.8 Å². The summed E-state index contributed by atoms with van der Waals surface area (Å²) < 4.78 is 2.51. The summed E-state index contributed by atoms with van der Waals surface area (Å²) in [6.07, 6.45) is 0. The van der Waals surface area contributed by atoms with E-state index in [1.165, 1.54) is 99.4 Å². The van der Waals surface area contributed by atoms with E-state index in [4.69, 9.17) is 0 Å². The first-order chi connectivity index (χ1) is 33.7. The lowest BCUT2D eigenvalue weighted by molar-refractivity contribution is 0.793. The molecule has 0 bridgehead atoms. The molecule has 14 rings (SSSR count). The molecule has 1 spiro atoms. The normalized spacial score (nSPS) is 12.9. The molecule has 0 N–H and O–H groups in total. The van der Waals surface area contributed by atoms with Crippen molar-refractivity contribution in [3.05, 3.63) is 277 Å². The minimum absolute atomic E-state index is 0.473. The van der Waals surface area contributed by atoms with Crippen molar-refractivity contribution in [3.8, 4) is 50.2 Å². The highest BCUT2D eigenvalue weighted by Gasteiger charge is 2.51. The van der Waals surface area contributed by atoms with E-state index in [-0.39, 0.29) is 0 Å². The Morgan fingerprint density at radius 3 is 1.63 bits per heavy atom. The SMILES string of the molecule is Cc1ccc(-n2c3ccccc3c3ccc(N(c4ccc5c(c4)C4(c6ccccc6-c6ccccc64)c4ccccc4-5)c4ccccc4-c4ccccc4)cc32)c(-c2cccc3ccccc23)c1. The highest BCUT2D eigenvalue weighted by atomic mass is 15.1. The second-order valence-electron chi connectivity index (χ2n) is 18.4. The van der Waals surface area contributed by atoms with Gasteiger partial charge >= 0.3 is 0 Å². The summed E-state index contributed by atoms with van der Waals surface area (Å²) in [6, 6.07) is 92.6. The molecule has 0 atom stereocenters. The Bertz CT molecular complexity index is 3930. The van der Waals surface area contributed by atoms with Crippen molar-refractivity contribution in [2.75, 3.05) is 4.90 Å². The van der Waals surface area contributed by atoms with Gasteiger partial charge in [-0.2, -0.15) is 0 Å². The van der Waals surface area contributed by atoms with Crippen molar-refractivity contribution in [1.29, 1.82) is 0 Å². The molecule has 0 unspecified atom stereocenters. The summed E-state index contributed by atoms with van der Waals surface area (Å²) in [5.74, 6) is 0. The molecule has 0 radical (unpaired) electrons. The van der Waals surface area contributed by atoms with E-state index in [1.807, 2.05) is 0 Å². The molecule has 0 aliphatic heterocycles. The molecular formula is C66H44N2. The van der Waals surface area contributed by atoms with Crippen molar-refractivity contribution < 1.29 is 0 Å². The van der Waals surface area contributed by atoms with E-state index >= 15 is 0 Å². The summed E-state index contributed by atoms with van der Waals surface area (Å²) in [7, 11) is 0. The molecule has 0 saturated heterocycles. The molecule has 11 aromatic carbocycles. The maximum Gasteiger partial charge on any atom is 0.0726 e. The summed E-state index contributed by atoms with van der Waals surface area (Å²) >= 11 is 0. The third-order valence-electron chi connectivity index (χ3n) is 14.9. The number of benzene rings is 11. The van der Waals surface area contributed by atoms with Gasteiger partial charge < -0.3 is 9.47 Å². The number of para-hydroxylation sites is 2. The zero-order chi connectivity index (χ0) is 44.9. The van der Waals surface area contributed by atoms with Gasteiger partial charge in [-0.1, -0.05) is 206 Å². The Kier molecular flexibility index (Phi) is 8.45. The zero-order valence-corrected chi connectivity index (χ0v) is 37.6. The van der Waals surface area contributed by atoms with Gasteiger partial charge in [-0.3, -0.25) is 0 Å². The Balaban J connectivity index is 1.05. The average Bonchev–Trinajstić information content (AvgIpc) is 4.00. The van der Waals surface area contributed by atoms with Crippen molar-refractivity contribution in [2.24, 2.45) is 0 Å². The Morgan fingerprint density at radius 1 is 0.338 bits per heavy atom. The van der Waals surface area contributed by atoms with Crippen LogP contribution in [0.4, 0.5) is 17.1 Å². The maximum atomic E-state index is 2.51. The first-order valence-electron chi connectivity index (χ1n) is 23.7. The molecule has 0 saturated carbocycles. The minimum atomic E-state index is -0.473. The van der Waals surface area contributed by atoms with Gasteiger partial charge in [0.1, 0.15) is 0 Å². The largest absolute Gasteiger partial charge is 0.310 e. The smallest absolute Gasteiger partial charge is 0.0726 e. The molecule has 0 fully saturated rings. The third-order valence-corrected chi connectivity index (χ3v) is 14.9. The fourth-order valence-corrected chi connectivity index (χ4v) is 12.1. The second kappa shape index (κ2) is 14.9. The van der Waals surface area contributed by atoms with Gasteiger partial charge in [0.15, 0.2) is 0 Å². The van der Waals surface area contributed by atoms with Crippen LogP contribution in [-0.2, 0) is 5.41 Å². The highest BCUT2D eigenvalue weighted by Crippen LogP contribution is 2.63. The number of anilines is 3. The molecule has 2 aliphatic rings. The van der Waals surface area contributed by atoms with Crippen molar-refractivity contribution >= 4 is 49.6 Å². The van der Waals surface area contributed by atoms with Gasteiger partial charge in [-0.05, 0) is 122 Å². The van der Waals surface area contributed by atoms with E-state index < -0.39 is 5.41 Å². The van der Waals surface area contributed by atoms with Crippen LogP contribution in [0.2, 0.25) is 0 Å². The van der Waals surface area contributed by atoms with Gasteiger partial charge in [0.05, 0.1) is 27.8 Å². The summed E-state index contributed by atoms with van der Waals surface area (Å²) in [5, 5.41) is 4.92. The summed E-state index contributed by atoms with van der Waals surface area (Å²) in [4.78, 5) is 2.51. The van der Waals surface area contributed by atoms with Gasteiger partial charge in [-0.25, -0.2) is 0 Å². The predicted octanol–water partition coefficient (Wildman–Crippen LogP) is 17.4. The number of aryl methyl sites for hydroxylation is 1. The van der Waals surface area contributed by atoms with Crippen LogP contribution in [0.5, 0.6) is 0 Å². The monoisotopic (exact) mass is 864 g/mol. The van der Waals surface area contributed by atoms with E-state index in [9.17, 15) is 0 Å². The minimum Gasteiger partial charge on any atom is -0.310 e. The van der Waals surface area contributed by atoms with Crippen LogP contribution < -0.4 is 4.90 Å². The van der Waals surface area contributed by atoms with Crippen molar-refractivity contribution in [2.45, 2.75) is 12.3 Å². The molecular weight excluding hydrogens is 821 g/mol. The molecule has 2 nitrogen and oxygen atoms in total. The molecule has 12 aromatic rings. The fraction of sp³-hybridized carbons (Fsp3) is 0.0303. The molecule has 1 heterocycles. The lowest BCUT2D eigenvalue weighted by Gasteiger charge is -2.32. The van der Waals surface area contributed by atoms with Gasteiger partial charge in [0.25, 0.3) is 0 Å². The number of aromatic nitrogens is 1. The Labute approximate surface area is 396 Å². The van der Waals surface area contributed by atoms with Gasteiger partial charge in [-0.15, -0.1) is 0 Å². The maximum absolute atomic E-state index is 2.51. The lowest BCUT2D eigenvalue weighted by Crippen LogP contribution is -2.26. The predicted molar refractivity (Wildman–Crippen MR) is 285 cm³/mol. The average molecular weight is 865 g/mol. The first kappa shape index (κ1) is 38.5. The summed E-state index contributed by atoms with van der Waals surface area (Å²) in [5.41, 5.74) is 22.8. The van der Waals surface area contributed by atoms with Crippen LogP contribution in [0.25, 0.3) is 82.8 Å². The van der Waals surface area contributed by atoms with Gasteiger partial charge in [0, 0.05) is 33.3 Å². The molecule has 1 aromatic heterocycles. The van der Waals surface area contributed by atoms with Crippen LogP contribution >= 0.6 is 0 Å². The summed E-state index contributed by atoms with van der Waals surface area (Å²) in [6.45, 7) is 2.20. The van der Waals surface area contributed by atoms with Crippen LogP contribution in [0.15, 0.2) is 249 Å². The Hall–Kier alpha value is -8.72. The van der Waals surface area contributed by atoms with Crippen molar-refractivity contribution in [3.63, 3.8) is 0 Å². The molecule has 2 heteroatoms. The number of hydrogen-bond donors (Lipinski definition) is 0. The molecule has 318 valence electrons. The van der Waals surface area contributed by atoms with E-state index in [1.54, 1.807) is 0 Å². The standard InChI is InChI=1S/C66H44N2/c1-43-34-39-64(57(40-43)50-28-17-21-44-20-5-6-22-48(44)50)68-63-33-16-11-27-55(63)56-38-36-47(42-65(56)68)67(62-32-15-10-23-49(62)45-18-3-2-4-19-45)46-35-37-54-53-26-9-14-31-60(53)66(61(54)41-46)58-29-12-7-24-51(58)52-25-8-13-30-59(52)66/h2-42H,1H3. The third kappa shape index (κ3) is 5.46. The second-order valence-corrected chi connectivity index (χ2v) is 18.4. The highest BCUT2D eigenvalue weighted by molar-refractivity contribution is 6.12. The fourth-order valence-electron chi connectivity index (χ4n) is 12.1. The molecule has 68 heavy (non-hydrogen) atoms. The Morgan fingerprint density at radius 2 is 0.882 bits per heavy atom. The number of fused-ring (bicyclic) bond motifs is 14. The molecule has 2 aliphatic carbocycles. The quantitative estimate of drug-likeness (QED) is 0.162. The van der Waals surface area contributed by atoms with E-state index in [0.717, 1.165) is 28.3 Å². The molecule has 0 amide bonds.